The van der Waals surface area contributed by atoms with Gasteiger partial charge < -0.3 is 10.2 Å². The number of hydrogen-bond donors (Lipinski definition) is 1. The van der Waals surface area contributed by atoms with E-state index in [1.807, 2.05) is 62.4 Å². The molecule has 4 nitrogen and oxygen atoms in total. The van der Waals surface area contributed by atoms with Crippen LogP contribution in [0.15, 0.2) is 53.0 Å². The second kappa shape index (κ2) is 12.4. The minimum absolute atomic E-state index is 0.0586. The molecule has 1 N–H and O–H groups in total. The van der Waals surface area contributed by atoms with Crippen LogP contribution in [0.2, 0.25) is 5.02 Å². The van der Waals surface area contributed by atoms with Gasteiger partial charge in [0, 0.05) is 27.8 Å². The Morgan fingerprint density at radius 2 is 1.83 bits per heavy atom. The molecule has 2 atom stereocenters. The number of benzene rings is 2. The molecule has 7 heteroatoms. The molecule has 0 spiro atoms. The van der Waals surface area contributed by atoms with Gasteiger partial charge in [-0.15, -0.1) is 11.8 Å². The van der Waals surface area contributed by atoms with Crippen molar-refractivity contribution < 1.29 is 9.59 Å². The zero-order valence-corrected chi connectivity index (χ0v) is 20.7. The van der Waals surface area contributed by atoms with Gasteiger partial charge in [0.05, 0.1) is 5.75 Å². The molecule has 0 saturated heterocycles. The minimum Gasteiger partial charge on any atom is -0.352 e. The molecule has 2 aromatic rings. The summed E-state index contributed by atoms with van der Waals surface area (Å²) in [5.41, 5.74) is 2.05. The molecule has 162 valence electrons. The highest BCUT2D eigenvalue weighted by atomic mass is 79.9. The lowest BCUT2D eigenvalue weighted by molar-refractivity contribution is -0.138. The van der Waals surface area contributed by atoms with E-state index in [-0.39, 0.29) is 17.9 Å². The van der Waals surface area contributed by atoms with E-state index < -0.39 is 6.04 Å². The summed E-state index contributed by atoms with van der Waals surface area (Å²) >= 11 is 11.0. The molecule has 30 heavy (non-hydrogen) atoms. The monoisotopic (exact) mass is 510 g/mol. The minimum atomic E-state index is -0.554. The Kier molecular flexibility index (Phi) is 10.2. The first kappa shape index (κ1) is 24.8. The Labute approximate surface area is 196 Å². The van der Waals surface area contributed by atoms with Crippen LogP contribution in [0.1, 0.15) is 38.3 Å². The largest absolute Gasteiger partial charge is 0.352 e. The fourth-order valence-electron chi connectivity index (χ4n) is 2.80. The van der Waals surface area contributed by atoms with Crippen molar-refractivity contribution in [1.29, 1.82) is 0 Å². The molecule has 0 radical (unpaired) electrons. The zero-order valence-electron chi connectivity index (χ0n) is 17.5. The van der Waals surface area contributed by atoms with Crippen molar-refractivity contribution in [2.24, 2.45) is 0 Å². The molecule has 2 aromatic carbocycles. The van der Waals surface area contributed by atoms with E-state index in [4.69, 9.17) is 11.6 Å². The summed E-state index contributed by atoms with van der Waals surface area (Å²) in [6, 6.07) is 15.0. The van der Waals surface area contributed by atoms with Crippen molar-refractivity contribution in [2.75, 3.05) is 5.75 Å². The summed E-state index contributed by atoms with van der Waals surface area (Å²) in [4.78, 5) is 27.4. The van der Waals surface area contributed by atoms with Gasteiger partial charge in [0.2, 0.25) is 11.8 Å². The third-order valence-electron chi connectivity index (χ3n) is 4.82. The first-order valence-electron chi connectivity index (χ1n) is 9.96. The molecule has 2 amide bonds. The second-order valence-corrected chi connectivity index (χ2v) is 9.60. The number of nitrogens with one attached hydrogen (secondary N) is 1. The van der Waals surface area contributed by atoms with Gasteiger partial charge in [0.1, 0.15) is 6.04 Å². The van der Waals surface area contributed by atoms with Gasteiger partial charge in [-0.3, -0.25) is 9.59 Å². The molecule has 2 unspecified atom stereocenters. The Morgan fingerprint density at radius 1 is 1.13 bits per heavy atom. The summed E-state index contributed by atoms with van der Waals surface area (Å²) in [6.07, 6.45) is 0.842. The number of thioether (sulfide) groups is 1. The smallest absolute Gasteiger partial charge is 0.242 e. The maximum Gasteiger partial charge on any atom is 0.242 e. The molecule has 2 rings (SSSR count). The molecule has 0 aromatic heterocycles. The summed E-state index contributed by atoms with van der Waals surface area (Å²) in [5, 5.41) is 3.67. The summed E-state index contributed by atoms with van der Waals surface area (Å²) in [5.74, 6) is 0.793. The Morgan fingerprint density at radius 3 is 2.47 bits per heavy atom. The van der Waals surface area contributed by atoms with Crippen LogP contribution < -0.4 is 5.32 Å². The van der Waals surface area contributed by atoms with Crippen LogP contribution in [-0.2, 0) is 21.9 Å². The van der Waals surface area contributed by atoms with Crippen LogP contribution in [0.25, 0.3) is 0 Å². The van der Waals surface area contributed by atoms with Gasteiger partial charge in [-0.25, -0.2) is 0 Å². The first-order valence-corrected chi connectivity index (χ1v) is 12.3. The Hall–Kier alpha value is -1.50. The zero-order chi connectivity index (χ0) is 22.1. The third kappa shape index (κ3) is 7.97. The van der Waals surface area contributed by atoms with Crippen molar-refractivity contribution in [3.63, 3.8) is 0 Å². The molecular weight excluding hydrogens is 484 g/mol. The van der Waals surface area contributed by atoms with E-state index in [0.29, 0.717) is 23.1 Å². The van der Waals surface area contributed by atoms with Crippen molar-refractivity contribution in [2.45, 2.75) is 51.6 Å². The first-order chi connectivity index (χ1) is 14.3. The van der Waals surface area contributed by atoms with E-state index in [1.54, 1.807) is 11.8 Å². The van der Waals surface area contributed by atoms with E-state index in [2.05, 4.69) is 21.2 Å². The summed E-state index contributed by atoms with van der Waals surface area (Å²) in [7, 11) is 0. The number of amides is 2. The average Bonchev–Trinajstić information content (AvgIpc) is 2.72. The van der Waals surface area contributed by atoms with Crippen LogP contribution in [0.4, 0.5) is 0 Å². The molecular formula is C23H28BrClN2O2S. The average molecular weight is 512 g/mol. The van der Waals surface area contributed by atoms with Crippen LogP contribution in [0, 0.1) is 0 Å². The molecule has 0 aliphatic carbocycles. The number of rotatable bonds is 10. The summed E-state index contributed by atoms with van der Waals surface area (Å²) < 4.78 is 0.976. The molecule has 0 aliphatic rings. The summed E-state index contributed by atoms with van der Waals surface area (Å²) in [6.45, 7) is 6.16. The highest BCUT2D eigenvalue weighted by molar-refractivity contribution is 9.10. The molecule has 0 bridgehead atoms. The van der Waals surface area contributed by atoms with Crippen molar-refractivity contribution in [1.82, 2.24) is 10.2 Å². The van der Waals surface area contributed by atoms with E-state index in [0.717, 1.165) is 22.0 Å². The van der Waals surface area contributed by atoms with Gasteiger partial charge in [-0.05, 0) is 55.7 Å². The fraction of sp³-hybridized carbons (Fsp3) is 0.391. The maximum absolute atomic E-state index is 13.1. The Balaban J connectivity index is 2.07. The molecule has 0 saturated carbocycles. The highest BCUT2D eigenvalue weighted by Crippen LogP contribution is 2.19. The normalized spacial score (nSPS) is 12.8. The van der Waals surface area contributed by atoms with E-state index in [9.17, 15) is 9.59 Å². The van der Waals surface area contributed by atoms with Gasteiger partial charge in [-0.2, -0.15) is 0 Å². The van der Waals surface area contributed by atoms with Gasteiger partial charge in [-0.1, -0.05) is 58.7 Å². The third-order valence-corrected chi connectivity index (χ3v) is 6.57. The van der Waals surface area contributed by atoms with Gasteiger partial charge in [0.15, 0.2) is 0 Å². The van der Waals surface area contributed by atoms with Crippen molar-refractivity contribution in [3.05, 3.63) is 69.2 Å². The van der Waals surface area contributed by atoms with Crippen molar-refractivity contribution >= 4 is 51.1 Å². The number of carbonyl (C=O) groups is 2. The lowest BCUT2D eigenvalue weighted by Gasteiger charge is -2.29. The standard InChI is InChI=1S/C23H28BrClN2O2S/c1-4-16(2)26-23(29)17(3)27(13-18-8-10-20(24)11-9-18)22(28)15-30-14-19-6-5-7-21(25)12-19/h5-12,16-17H,4,13-15H2,1-3H3,(H,26,29). The highest BCUT2D eigenvalue weighted by Gasteiger charge is 2.26. The van der Waals surface area contributed by atoms with E-state index >= 15 is 0 Å². The topological polar surface area (TPSA) is 49.4 Å². The number of carbonyl (C=O) groups excluding carboxylic acids is 2. The maximum atomic E-state index is 13.1. The second-order valence-electron chi connectivity index (χ2n) is 7.26. The van der Waals surface area contributed by atoms with E-state index in [1.165, 1.54) is 11.8 Å². The lowest BCUT2D eigenvalue weighted by atomic mass is 10.1. The molecule has 0 heterocycles. The van der Waals surface area contributed by atoms with Crippen LogP contribution in [0.5, 0.6) is 0 Å². The fourth-order valence-corrected chi connectivity index (χ4v) is 4.14. The Bertz CT molecular complexity index is 847. The lowest BCUT2D eigenvalue weighted by Crippen LogP contribution is -2.50. The predicted octanol–water partition coefficient (Wildman–Crippen LogP) is 5.67. The van der Waals surface area contributed by atoms with Gasteiger partial charge in [0.25, 0.3) is 0 Å². The van der Waals surface area contributed by atoms with Crippen LogP contribution >= 0.6 is 39.3 Å². The van der Waals surface area contributed by atoms with Gasteiger partial charge >= 0.3 is 0 Å². The quantitative estimate of drug-likeness (QED) is 0.447. The van der Waals surface area contributed by atoms with Crippen molar-refractivity contribution in [3.8, 4) is 0 Å². The predicted molar refractivity (Wildman–Crippen MR) is 130 cm³/mol. The van der Waals surface area contributed by atoms with Crippen LogP contribution in [0.3, 0.4) is 0 Å². The number of halogens is 2. The molecule has 0 aliphatic heterocycles. The number of nitrogens with zero attached hydrogens (tertiary/aromatic N) is 1. The molecule has 0 fully saturated rings. The SMILES string of the molecule is CCC(C)NC(=O)C(C)N(Cc1ccc(Br)cc1)C(=O)CSCc1cccc(Cl)c1. The number of hydrogen-bond acceptors (Lipinski definition) is 3. The van der Waals surface area contributed by atoms with Crippen LogP contribution in [-0.4, -0.2) is 34.6 Å².